The lowest BCUT2D eigenvalue weighted by atomic mass is 9.93. The molecule has 2 atom stereocenters. The van der Waals surface area contributed by atoms with E-state index >= 15 is 0 Å². The number of aldehydes is 1. The molecule has 0 aliphatic carbocycles. The Bertz CT molecular complexity index is 452. The predicted octanol–water partition coefficient (Wildman–Crippen LogP) is 0.965. The second-order valence-corrected chi connectivity index (χ2v) is 5.89. The number of thioether (sulfide) groups is 1. The lowest BCUT2D eigenvalue weighted by molar-refractivity contribution is -0.131. The summed E-state index contributed by atoms with van der Waals surface area (Å²) < 4.78 is 0. The molecule has 1 unspecified atom stereocenters. The van der Waals surface area contributed by atoms with Crippen LogP contribution in [0.15, 0.2) is 30.3 Å². The molecule has 1 heterocycles. The molecule has 1 aliphatic heterocycles. The van der Waals surface area contributed by atoms with E-state index < -0.39 is 6.04 Å². The van der Waals surface area contributed by atoms with E-state index in [9.17, 15) is 9.59 Å². The lowest BCUT2D eigenvalue weighted by Gasteiger charge is -2.28. The van der Waals surface area contributed by atoms with Gasteiger partial charge in [-0.05, 0) is 12.5 Å². The number of benzene rings is 1. The van der Waals surface area contributed by atoms with Crippen molar-refractivity contribution in [3.8, 4) is 0 Å². The Balaban J connectivity index is 1.90. The van der Waals surface area contributed by atoms with Gasteiger partial charge in [-0.2, -0.15) is 11.8 Å². The predicted molar refractivity (Wildman–Crippen MR) is 77.0 cm³/mol. The number of rotatable bonds is 6. The zero-order valence-corrected chi connectivity index (χ0v) is 11.7. The molecule has 19 heavy (non-hydrogen) atoms. The van der Waals surface area contributed by atoms with E-state index in [4.69, 9.17) is 0 Å². The second-order valence-electron chi connectivity index (χ2n) is 4.91. The minimum Gasteiger partial charge on any atom is -0.296 e. The fraction of sp³-hybridized carbons (Fsp3) is 0.429. The number of hydrogen-bond donors (Lipinski definition) is 2. The quantitative estimate of drug-likeness (QED) is 0.600. The van der Waals surface area contributed by atoms with Gasteiger partial charge in [0.25, 0.3) is 0 Å². The van der Waals surface area contributed by atoms with E-state index in [-0.39, 0.29) is 11.3 Å². The first-order chi connectivity index (χ1) is 9.15. The van der Waals surface area contributed by atoms with Crippen LogP contribution in [-0.4, -0.2) is 36.1 Å². The second kappa shape index (κ2) is 6.32. The molecular formula is C14H18N2O2S. The van der Waals surface area contributed by atoms with E-state index in [0.717, 1.165) is 11.5 Å². The first kappa shape index (κ1) is 14.2. The molecule has 1 aromatic rings. The van der Waals surface area contributed by atoms with Crippen LogP contribution in [0, 0.1) is 0 Å². The van der Waals surface area contributed by atoms with Crippen LogP contribution in [0.25, 0.3) is 0 Å². The first-order valence-electron chi connectivity index (χ1n) is 6.25. The van der Waals surface area contributed by atoms with E-state index in [0.29, 0.717) is 13.0 Å². The summed E-state index contributed by atoms with van der Waals surface area (Å²) in [6.45, 7) is 2.55. The summed E-state index contributed by atoms with van der Waals surface area (Å²) in [7, 11) is 0. The van der Waals surface area contributed by atoms with Crippen LogP contribution in [0.4, 0.5) is 0 Å². The summed E-state index contributed by atoms with van der Waals surface area (Å²) in [4.78, 5) is 22.2. The Kier molecular flexibility index (Phi) is 4.74. The van der Waals surface area contributed by atoms with Gasteiger partial charge in [-0.1, -0.05) is 30.3 Å². The van der Waals surface area contributed by atoms with Gasteiger partial charge in [0.2, 0.25) is 5.78 Å². The van der Waals surface area contributed by atoms with Gasteiger partial charge in [0, 0.05) is 23.7 Å². The molecule has 0 radical (unpaired) electrons. The number of carbonyl (C=O) groups excluding carboxylic acids is 2. The summed E-state index contributed by atoms with van der Waals surface area (Å²) in [6.07, 6.45) is 0.408. The molecule has 0 spiro atoms. The highest BCUT2D eigenvalue weighted by atomic mass is 32.2. The topological polar surface area (TPSA) is 58.2 Å². The van der Waals surface area contributed by atoms with Crippen LogP contribution in [0.5, 0.6) is 0 Å². The fourth-order valence-corrected chi connectivity index (χ4v) is 3.48. The molecule has 0 saturated carbocycles. The van der Waals surface area contributed by atoms with Crippen LogP contribution in [0.1, 0.15) is 12.5 Å². The van der Waals surface area contributed by atoms with Gasteiger partial charge in [0.1, 0.15) is 0 Å². The van der Waals surface area contributed by atoms with Gasteiger partial charge in [-0.3, -0.25) is 20.2 Å². The molecule has 1 saturated heterocycles. The molecule has 2 N–H and O–H groups in total. The highest BCUT2D eigenvalue weighted by Crippen LogP contribution is 2.23. The van der Waals surface area contributed by atoms with Gasteiger partial charge < -0.3 is 0 Å². The molecule has 4 nitrogen and oxygen atoms in total. The Morgan fingerprint density at radius 2 is 2.21 bits per heavy atom. The fourth-order valence-electron chi connectivity index (χ4n) is 2.25. The smallest absolute Gasteiger partial charge is 0.213 e. The third-order valence-corrected chi connectivity index (χ3v) is 4.69. The molecule has 1 aromatic carbocycles. The number of hydrogen-bond acceptors (Lipinski definition) is 5. The molecule has 5 heteroatoms. The largest absolute Gasteiger partial charge is 0.296 e. The highest BCUT2D eigenvalue weighted by Gasteiger charge is 2.42. The highest BCUT2D eigenvalue weighted by molar-refractivity contribution is 7.98. The molecule has 102 valence electrons. The normalized spacial score (nSPS) is 26.3. The summed E-state index contributed by atoms with van der Waals surface area (Å²) in [5.41, 5.74) is 0.901. The molecule has 1 aliphatic rings. The van der Waals surface area contributed by atoms with Crippen LogP contribution in [-0.2, 0) is 15.3 Å². The van der Waals surface area contributed by atoms with Crippen molar-refractivity contribution in [2.45, 2.75) is 24.3 Å². The summed E-state index contributed by atoms with van der Waals surface area (Å²) in [5.74, 6) is 1.30. The van der Waals surface area contributed by atoms with Gasteiger partial charge in [0.05, 0.1) is 6.04 Å². The van der Waals surface area contributed by atoms with Crippen molar-refractivity contribution in [2.24, 2.45) is 0 Å². The monoisotopic (exact) mass is 278 g/mol. The maximum Gasteiger partial charge on any atom is 0.213 e. The third kappa shape index (κ3) is 3.43. The van der Waals surface area contributed by atoms with Gasteiger partial charge in [0.15, 0.2) is 6.29 Å². The molecule has 0 amide bonds. The Hall–Kier alpha value is -1.17. The van der Waals surface area contributed by atoms with Crippen molar-refractivity contribution < 1.29 is 9.59 Å². The van der Waals surface area contributed by atoms with Crippen molar-refractivity contribution in [1.29, 1.82) is 0 Å². The Morgan fingerprint density at radius 3 is 2.89 bits per heavy atom. The molecule has 0 aromatic heterocycles. The minimum atomic E-state index is -0.423. The number of ketones is 1. The van der Waals surface area contributed by atoms with E-state index in [1.54, 1.807) is 11.8 Å². The standard InChI is InChI=1S/C14H18N2O2S/c1-14(13(12(18)7-17)15-10-16-14)9-19-8-11-5-3-2-4-6-11/h2-7,13,15-16H,8-10H2,1H3/t13?,14-/m1/s1. The number of carbonyl (C=O) groups is 2. The van der Waals surface area contributed by atoms with E-state index in [2.05, 4.69) is 22.8 Å². The zero-order chi connectivity index (χ0) is 13.7. The van der Waals surface area contributed by atoms with Crippen LogP contribution >= 0.6 is 11.8 Å². The molecule has 2 rings (SSSR count). The van der Waals surface area contributed by atoms with Crippen LogP contribution in [0.2, 0.25) is 0 Å². The van der Waals surface area contributed by atoms with Crippen molar-refractivity contribution >= 4 is 23.8 Å². The average molecular weight is 278 g/mol. The van der Waals surface area contributed by atoms with Gasteiger partial charge >= 0.3 is 0 Å². The summed E-state index contributed by atoms with van der Waals surface area (Å²) >= 11 is 1.76. The Morgan fingerprint density at radius 1 is 1.47 bits per heavy atom. The zero-order valence-electron chi connectivity index (χ0n) is 10.9. The maximum atomic E-state index is 11.6. The van der Waals surface area contributed by atoms with Crippen LogP contribution in [0.3, 0.4) is 0 Å². The third-order valence-electron chi connectivity index (χ3n) is 3.35. The number of nitrogens with one attached hydrogen (secondary N) is 2. The average Bonchev–Trinajstić information content (AvgIpc) is 2.81. The van der Waals surface area contributed by atoms with Crippen molar-refractivity contribution in [3.05, 3.63) is 35.9 Å². The minimum absolute atomic E-state index is 0.364. The van der Waals surface area contributed by atoms with Crippen molar-refractivity contribution in [1.82, 2.24) is 10.6 Å². The summed E-state index contributed by atoms with van der Waals surface area (Å²) in [5, 5.41) is 6.31. The Labute approximate surface area is 117 Å². The maximum absolute atomic E-state index is 11.6. The van der Waals surface area contributed by atoms with E-state index in [1.165, 1.54) is 5.56 Å². The lowest BCUT2D eigenvalue weighted by Crippen LogP contribution is -2.53. The van der Waals surface area contributed by atoms with Crippen LogP contribution < -0.4 is 10.6 Å². The van der Waals surface area contributed by atoms with Gasteiger partial charge in [-0.25, -0.2) is 0 Å². The van der Waals surface area contributed by atoms with Gasteiger partial charge in [-0.15, -0.1) is 0 Å². The first-order valence-corrected chi connectivity index (χ1v) is 7.40. The molecular weight excluding hydrogens is 260 g/mol. The van der Waals surface area contributed by atoms with Crippen molar-refractivity contribution in [2.75, 3.05) is 12.4 Å². The van der Waals surface area contributed by atoms with Crippen molar-refractivity contribution in [3.63, 3.8) is 0 Å². The summed E-state index contributed by atoms with van der Waals surface area (Å²) in [6, 6.07) is 9.79. The van der Waals surface area contributed by atoms with E-state index in [1.807, 2.05) is 25.1 Å². The SMILES string of the molecule is C[C@]1(CSCc2ccccc2)NCNC1C(=O)C=O. The molecule has 1 fully saturated rings. The molecule has 0 bridgehead atoms. The number of Topliss-reactive ketones (excluding diaryl/α,β-unsaturated/α-hetero) is 1.